The van der Waals surface area contributed by atoms with Gasteiger partial charge in [0.2, 0.25) is 5.91 Å². The number of hydrogen-bond acceptors (Lipinski definition) is 5. The first-order chi connectivity index (χ1) is 15.4. The molecule has 1 amide bonds. The lowest BCUT2D eigenvalue weighted by atomic mass is 10.2. The summed E-state index contributed by atoms with van der Waals surface area (Å²) in [6, 6.07) is 20.4. The minimum atomic E-state index is -1.82. The Bertz CT molecular complexity index is 867. The van der Waals surface area contributed by atoms with Gasteiger partial charge in [-0.15, -0.1) is 0 Å². The lowest BCUT2D eigenvalue weighted by Gasteiger charge is -2.33. The maximum Gasteiger partial charge on any atom is 0.414 e. The van der Waals surface area contributed by atoms with Gasteiger partial charge in [0.1, 0.15) is 0 Å². The quantitative estimate of drug-likeness (QED) is 0.564. The third-order valence-electron chi connectivity index (χ3n) is 4.82. The van der Waals surface area contributed by atoms with Crippen molar-refractivity contribution in [1.82, 2.24) is 15.1 Å². The van der Waals surface area contributed by atoms with Gasteiger partial charge in [-0.1, -0.05) is 72.8 Å². The van der Waals surface area contributed by atoms with Crippen LogP contribution in [0.1, 0.15) is 11.1 Å². The molecule has 1 aliphatic heterocycles. The summed E-state index contributed by atoms with van der Waals surface area (Å²) in [7, 11) is 0. The molecule has 1 aliphatic rings. The minimum Gasteiger partial charge on any atom is -0.473 e. The highest BCUT2D eigenvalue weighted by atomic mass is 16.4. The van der Waals surface area contributed by atoms with Gasteiger partial charge in [0.15, 0.2) is 0 Å². The first-order valence-corrected chi connectivity index (χ1v) is 10.4. The second kappa shape index (κ2) is 13.7. The Balaban J connectivity index is 0.000000534. The van der Waals surface area contributed by atoms with Gasteiger partial charge in [0, 0.05) is 39.3 Å². The lowest BCUT2D eigenvalue weighted by molar-refractivity contribution is -0.159. The topological polar surface area (TPSA) is 110 Å². The van der Waals surface area contributed by atoms with Gasteiger partial charge >= 0.3 is 11.9 Å². The Morgan fingerprint density at radius 1 is 0.812 bits per heavy atom. The fourth-order valence-corrected chi connectivity index (χ4v) is 3.09. The number of carboxylic acid groups (broad SMARTS) is 2. The number of nitrogens with one attached hydrogen (secondary N) is 1. The molecule has 1 fully saturated rings. The maximum absolute atomic E-state index is 12.1. The van der Waals surface area contributed by atoms with Crippen molar-refractivity contribution in [2.75, 3.05) is 39.3 Å². The summed E-state index contributed by atoms with van der Waals surface area (Å²) in [5.41, 5.74) is 2.37. The molecule has 0 atom stereocenters. The van der Waals surface area contributed by atoms with E-state index in [1.165, 1.54) is 5.56 Å². The zero-order chi connectivity index (χ0) is 23.2. The molecule has 170 valence electrons. The molecule has 0 aliphatic carbocycles. The predicted octanol–water partition coefficient (Wildman–Crippen LogP) is 1.79. The number of rotatable bonds is 7. The molecule has 2 aromatic carbocycles. The molecule has 1 saturated heterocycles. The van der Waals surface area contributed by atoms with Crippen molar-refractivity contribution in [3.8, 4) is 0 Å². The number of hydrogen-bond donors (Lipinski definition) is 3. The molecule has 3 rings (SSSR count). The van der Waals surface area contributed by atoms with E-state index in [-0.39, 0.29) is 5.91 Å². The molecule has 0 unspecified atom stereocenters. The van der Waals surface area contributed by atoms with E-state index in [0.29, 0.717) is 13.1 Å². The molecule has 2 aromatic rings. The first-order valence-electron chi connectivity index (χ1n) is 10.4. The maximum atomic E-state index is 12.1. The molecule has 0 aromatic heterocycles. The van der Waals surface area contributed by atoms with Gasteiger partial charge < -0.3 is 15.5 Å². The molecule has 0 spiro atoms. The number of amides is 1. The third kappa shape index (κ3) is 10.0. The van der Waals surface area contributed by atoms with Crippen LogP contribution in [0.3, 0.4) is 0 Å². The monoisotopic (exact) mass is 439 g/mol. The van der Waals surface area contributed by atoms with Gasteiger partial charge in [0.05, 0.1) is 6.54 Å². The van der Waals surface area contributed by atoms with E-state index in [0.717, 1.165) is 38.3 Å². The van der Waals surface area contributed by atoms with Crippen molar-refractivity contribution >= 4 is 23.9 Å². The number of nitrogens with zero attached hydrogens (tertiary/aromatic N) is 2. The van der Waals surface area contributed by atoms with Crippen LogP contribution in [-0.2, 0) is 20.9 Å². The van der Waals surface area contributed by atoms with E-state index in [2.05, 4.69) is 51.5 Å². The van der Waals surface area contributed by atoms with Crippen LogP contribution >= 0.6 is 0 Å². The van der Waals surface area contributed by atoms with Gasteiger partial charge in [-0.3, -0.25) is 14.6 Å². The Hall–Kier alpha value is -3.49. The molecule has 3 N–H and O–H groups in total. The minimum absolute atomic E-state index is 0.103. The van der Waals surface area contributed by atoms with Crippen molar-refractivity contribution in [1.29, 1.82) is 0 Å². The lowest BCUT2D eigenvalue weighted by Crippen LogP contribution is -2.49. The van der Waals surface area contributed by atoms with Crippen LogP contribution in [0.15, 0.2) is 66.7 Å². The van der Waals surface area contributed by atoms with E-state index < -0.39 is 11.9 Å². The Kier molecular flexibility index (Phi) is 10.6. The summed E-state index contributed by atoms with van der Waals surface area (Å²) in [5.74, 6) is -3.55. The second-order valence-corrected chi connectivity index (χ2v) is 7.26. The number of carboxylic acids is 2. The van der Waals surface area contributed by atoms with E-state index in [1.54, 1.807) is 0 Å². The van der Waals surface area contributed by atoms with E-state index in [1.807, 2.05) is 36.4 Å². The van der Waals surface area contributed by atoms with Crippen molar-refractivity contribution in [3.63, 3.8) is 0 Å². The average Bonchev–Trinajstić information content (AvgIpc) is 2.81. The van der Waals surface area contributed by atoms with Crippen LogP contribution in [0.25, 0.3) is 6.08 Å². The summed E-state index contributed by atoms with van der Waals surface area (Å²) in [4.78, 5) is 35.0. The number of piperazine rings is 1. The van der Waals surface area contributed by atoms with Crippen LogP contribution in [0.2, 0.25) is 0 Å². The normalized spacial score (nSPS) is 14.4. The fourth-order valence-electron chi connectivity index (χ4n) is 3.09. The summed E-state index contributed by atoms with van der Waals surface area (Å²) in [6.07, 6.45) is 4.39. The highest BCUT2D eigenvalue weighted by molar-refractivity contribution is 6.27. The summed E-state index contributed by atoms with van der Waals surface area (Å²) in [5, 5.41) is 17.8. The van der Waals surface area contributed by atoms with Crippen molar-refractivity contribution in [2.45, 2.75) is 6.54 Å². The van der Waals surface area contributed by atoms with Crippen LogP contribution in [0, 0.1) is 0 Å². The average molecular weight is 440 g/mol. The third-order valence-corrected chi connectivity index (χ3v) is 4.82. The predicted molar refractivity (Wildman–Crippen MR) is 122 cm³/mol. The van der Waals surface area contributed by atoms with Crippen LogP contribution in [0.4, 0.5) is 0 Å². The molecule has 0 saturated carbocycles. The highest BCUT2D eigenvalue weighted by Gasteiger charge is 2.17. The molecule has 8 nitrogen and oxygen atoms in total. The Morgan fingerprint density at radius 3 is 1.91 bits per heavy atom. The second-order valence-electron chi connectivity index (χ2n) is 7.26. The van der Waals surface area contributed by atoms with Crippen LogP contribution < -0.4 is 5.32 Å². The van der Waals surface area contributed by atoms with Gasteiger partial charge in [-0.2, -0.15) is 0 Å². The van der Waals surface area contributed by atoms with Gasteiger partial charge in [-0.05, 0) is 11.1 Å². The number of carbonyl (C=O) groups excluding carboxylic acids is 1. The first kappa shape index (κ1) is 24.8. The van der Waals surface area contributed by atoms with Crippen LogP contribution in [-0.4, -0.2) is 77.1 Å². The number of carbonyl (C=O) groups is 3. The summed E-state index contributed by atoms with van der Waals surface area (Å²) < 4.78 is 0. The van der Waals surface area contributed by atoms with Gasteiger partial charge in [0.25, 0.3) is 0 Å². The zero-order valence-electron chi connectivity index (χ0n) is 17.9. The Labute approximate surface area is 187 Å². The number of benzene rings is 2. The molecule has 32 heavy (non-hydrogen) atoms. The van der Waals surface area contributed by atoms with E-state index >= 15 is 0 Å². The van der Waals surface area contributed by atoms with Crippen LogP contribution in [0.5, 0.6) is 0 Å². The smallest absolute Gasteiger partial charge is 0.414 e. The molecular weight excluding hydrogens is 410 g/mol. The van der Waals surface area contributed by atoms with E-state index in [9.17, 15) is 4.79 Å². The largest absolute Gasteiger partial charge is 0.473 e. The molecule has 8 heteroatoms. The molecule has 0 bridgehead atoms. The SMILES string of the molecule is O=C(CN1CCN(CC=Cc2ccccc2)CC1)NCc1ccccc1.O=C(O)C(=O)O. The van der Waals surface area contributed by atoms with Crippen molar-refractivity contribution < 1.29 is 24.6 Å². The highest BCUT2D eigenvalue weighted by Crippen LogP contribution is 2.05. The van der Waals surface area contributed by atoms with E-state index in [4.69, 9.17) is 19.8 Å². The standard InChI is InChI=1S/C22H27N3O.C2H2O4/c26-22(23-18-21-10-5-2-6-11-21)19-25-16-14-24(15-17-25)13-7-12-20-8-3-1-4-9-20;3-1(4)2(5)6/h1-12H,13-19H2,(H,23,26);(H,3,4)(H,5,6). The molecular formula is C24H29N3O5. The van der Waals surface area contributed by atoms with Gasteiger partial charge in [-0.25, -0.2) is 9.59 Å². The van der Waals surface area contributed by atoms with Crippen molar-refractivity contribution in [3.05, 3.63) is 77.9 Å². The molecule has 0 radical (unpaired) electrons. The summed E-state index contributed by atoms with van der Waals surface area (Å²) >= 11 is 0. The van der Waals surface area contributed by atoms with Crippen molar-refractivity contribution in [2.24, 2.45) is 0 Å². The molecule has 1 heterocycles. The number of aliphatic carboxylic acids is 2. The fraction of sp³-hybridized carbons (Fsp3) is 0.292. The summed E-state index contributed by atoms with van der Waals surface area (Å²) in [6.45, 7) is 5.94. The Morgan fingerprint density at radius 2 is 1.34 bits per heavy atom. The zero-order valence-corrected chi connectivity index (χ0v) is 17.9.